The van der Waals surface area contributed by atoms with Crippen molar-refractivity contribution in [3.63, 3.8) is 0 Å². The van der Waals surface area contributed by atoms with Crippen molar-refractivity contribution < 1.29 is 13.7 Å². The monoisotopic (exact) mass is 378 g/mol. The zero-order valence-corrected chi connectivity index (χ0v) is 16.1. The number of carbonyl (C=O) groups excluding carboxylic acids is 1. The van der Waals surface area contributed by atoms with E-state index in [0.29, 0.717) is 22.5 Å². The van der Waals surface area contributed by atoms with Crippen LogP contribution < -0.4 is 0 Å². The lowest BCUT2D eigenvalue weighted by Gasteiger charge is -2.36. The van der Waals surface area contributed by atoms with Gasteiger partial charge in [-0.1, -0.05) is 11.6 Å². The van der Waals surface area contributed by atoms with Gasteiger partial charge in [-0.3, -0.25) is 4.21 Å². The first-order valence-electron chi connectivity index (χ1n) is 7.69. The molecule has 0 aliphatic carbocycles. The first-order valence-corrected chi connectivity index (χ1v) is 10.4. The van der Waals surface area contributed by atoms with Crippen LogP contribution in [0.15, 0.2) is 6.20 Å². The summed E-state index contributed by atoms with van der Waals surface area (Å²) in [4.78, 5) is 19.0. The normalized spacial score (nSPS) is 20.3. The van der Waals surface area contributed by atoms with Gasteiger partial charge < -0.3 is 9.64 Å². The van der Waals surface area contributed by atoms with Crippen LogP contribution in [0.25, 0.3) is 0 Å². The van der Waals surface area contributed by atoms with E-state index in [4.69, 9.17) is 16.3 Å². The Kier molecular flexibility index (Phi) is 6.45. The molecule has 1 aromatic rings. The van der Waals surface area contributed by atoms with Gasteiger partial charge in [-0.25, -0.2) is 9.78 Å². The minimum absolute atomic E-state index is 0.0252. The van der Waals surface area contributed by atoms with Crippen molar-refractivity contribution >= 4 is 39.8 Å². The number of rotatable bonds is 4. The second-order valence-corrected chi connectivity index (χ2v) is 9.85. The maximum absolute atomic E-state index is 12.4. The Morgan fingerprint density at radius 2 is 2.26 bits per heavy atom. The van der Waals surface area contributed by atoms with Crippen molar-refractivity contribution in [2.45, 2.75) is 57.4 Å². The second kappa shape index (κ2) is 7.94. The first kappa shape index (κ1) is 18.7. The highest BCUT2D eigenvalue weighted by Crippen LogP contribution is 2.23. The molecule has 0 saturated carbocycles. The molecule has 0 aromatic carbocycles. The minimum Gasteiger partial charge on any atom is -0.444 e. The standard InChI is InChI=1S/C15H23ClN2O3S2/c1-15(2,3)21-14(19)18-7-5-4-6-11(18)9-23(20)10-12-8-17-13(16)22-12/h8,11H,4-7,9-10H2,1-3H3/t11-,23-/m1/s1. The van der Waals surface area contributed by atoms with Gasteiger partial charge in [0.2, 0.25) is 0 Å². The first-order chi connectivity index (χ1) is 10.7. The van der Waals surface area contributed by atoms with Gasteiger partial charge in [0, 0.05) is 40.2 Å². The van der Waals surface area contributed by atoms with Crippen LogP contribution in [0.4, 0.5) is 4.79 Å². The van der Waals surface area contributed by atoms with E-state index in [1.165, 1.54) is 11.3 Å². The third-order valence-corrected chi connectivity index (χ3v) is 6.15. The van der Waals surface area contributed by atoms with Gasteiger partial charge in [0.05, 0.1) is 5.75 Å². The fraction of sp³-hybridized carbons (Fsp3) is 0.733. The summed E-state index contributed by atoms with van der Waals surface area (Å²) in [7, 11) is -1.05. The van der Waals surface area contributed by atoms with Crippen LogP contribution in [0.2, 0.25) is 4.47 Å². The fourth-order valence-corrected chi connectivity index (χ4v) is 5.21. The van der Waals surface area contributed by atoms with Crippen LogP contribution in [0.3, 0.4) is 0 Å². The van der Waals surface area contributed by atoms with Crippen molar-refractivity contribution in [3.8, 4) is 0 Å². The molecule has 23 heavy (non-hydrogen) atoms. The number of amides is 1. The van der Waals surface area contributed by atoms with Gasteiger partial charge >= 0.3 is 6.09 Å². The van der Waals surface area contributed by atoms with Crippen LogP contribution in [0.5, 0.6) is 0 Å². The zero-order valence-electron chi connectivity index (χ0n) is 13.7. The Bertz CT molecular complexity index is 571. The fourth-order valence-electron chi connectivity index (χ4n) is 2.52. The van der Waals surface area contributed by atoms with Gasteiger partial charge in [0.1, 0.15) is 5.60 Å². The Balaban J connectivity index is 1.95. The maximum Gasteiger partial charge on any atom is 0.410 e. The third-order valence-electron chi connectivity index (χ3n) is 3.46. The van der Waals surface area contributed by atoms with E-state index in [2.05, 4.69) is 4.98 Å². The molecular weight excluding hydrogens is 356 g/mol. The molecule has 1 aromatic heterocycles. The Labute approximate surface area is 148 Å². The van der Waals surface area contributed by atoms with Gasteiger partial charge in [0.25, 0.3) is 0 Å². The summed E-state index contributed by atoms with van der Waals surface area (Å²) >= 11 is 7.15. The molecule has 1 fully saturated rings. The molecular formula is C15H23ClN2O3S2. The van der Waals surface area contributed by atoms with E-state index in [0.717, 1.165) is 24.1 Å². The van der Waals surface area contributed by atoms with Gasteiger partial charge in [0.15, 0.2) is 4.47 Å². The molecule has 0 unspecified atom stereocenters. The lowest BCUT2D eigenvalue weighted by atomic mass is 10.0. The lowest BCUT2D eigenvalue weighted by molar-refractivity contribution is 0.0125. The smallest absolute Gasteiger partial charge is 0.410 e. The van der Waals surface area contributed by atoms with E-state index in [9.17, 15) is 9.00 Å². The van der Waals surface area contributed by atoms with Crippen LogP contribution in [0.1, 0.15) is 44.9 Å². The molecule has 2 heterocycles. The number of hydrogen-bond donors (Lipinski definition) is 0. The molecule has 1 saturated heterocycles. The van der Waals surface area contributed by atoms with Crippen molar-refractivity contribution in [3.05, 3.63) is 15.5 Å². The number of carbonyl (C=O) groups is 1. The van der Waals surface area contributed by atoms with Crippen molar-refractivity contribution in [2.75, 3.05) is 12.3 Å². The summed E-state index contributed by atoms with van der Waals surface area (Å²) < 4.78 is 18.3. The number of hydrogen-bond acceptors (Lipinski definition) is 5. The molecule has 0 spiro atoms. The molecule has 130 valence electrons. The molecule has 8 heteroatoms. The topological polar surface area (TPSA) is 59.5 Å². The largest absolute Gasteiger partial charge is 0.444 e. The average Bonchev–Trinajstić information content (AvgIpc) is 2.82. The third kappa shape index (κ3) is 6.04. The molecule has 1 aliphatic rings. The summed E-state index contributed by atoms with van der Waals surface area (Å²) in [5, 5.41) is 0. The predicted octanol–water partition coefficient (Wildman–Crippen LogP) is 3.83. The van der Waals surface area contributed by atoms with Crippen molar-refractivity contribution in [1.82, 2.24) is 9.88 Å². The highest BCUT2D eigenvalue weighted by Gasteiger charge is 2.31. The number of piperidine rings is 1. The van der Waals surface area contributed by atoms with E-state index >= 15 is 0 Å². The molecule has 1 amide bonds. The highest BCUT2D eigenvalue weighted by molar-refractivity contribution is 7.84. The summed E-state index contributed by atoms with van der Waals surface area (Å²) in [6, 6.07) is -0.0252. The van der Waals surface area contributed by atoms with Crippen LogP contribution in [0, 0.1) is 0 Å². The van der Waals surface area contributed by atoms with E-state index in [1.54, 1.807) is 11.1 Å². The number of likely N-dealkylation sites (tertiary alicyclic amines) is 1. The van der Waals surface area contributed by atoms with Crippen molar-refractivity contribution in [2.24, 2.45) is 0 Å². The molecule has 2 rings (SSSR count). The SMILES string of the molecule is CC(C)(C)OC(=O)N1CCCC[C@@H]1C[S@@](=O)Cc1cnc(Cl)s1. The molecule has 2 atom stereocenters. The van der Waals surface area contributed by atoms with Crippen molar-refractivity contribution in [1.29, 1.82) is 0 Å². The van der Waals surface area contributed by atoms with Gasteiger partial charge in [-0.05, 0) is 40.0 Å². The number of nitrogens with zero attached hydrogens (tertiary/aromatic N) is 2. The Morgan fingerprint density at radius 3 is 2.87 bits per heavy atom. The molecule has 1 aliphatic heterocycles. The number of aromatic nitrogens is 1. The molecule has 0 bridgehead atoms. The summed E-state index contributed by atoms with van der Waals surface area (Å²) in [5.74, 6) is 0.901. The van der Waals surface area contributed by atoms with E-state index in [1.807, 2.05) is 20.8 Å². The average molecular weight is 379 g/mol. The van der Waals surface area contributed by atoms with Crippen LogP contribution >= 0.6 is 22.9 Å². The maximum atomic E-state index is 12.4. The summed E-state index contributed by atoms with van der Waals surface area (Å²) in [5.41, 5.74) is -0.516. The second-order valence-electron chi connectivity index (χ2n) is 6.65. The van der Waals surface area contributed by atoms with E-state index < -0.39 is 16.4 Å². The molecule has 0 N–H and O–H groups in total. The van der Waals surface area contributed by atoms with Crippen LogP contribution in [-0.2, 0) is 21.3 Å². The quantitative estimate of drug-likeness (QED) is 0.798. The molecule has 5 nitrogen and oxygen atoms in total. The van der Waals surface area contributed by atoms with Gasteiger partial charge in [-0.2, -0.15) is 0 Å². The number of thiazole rings is 1. The lowest BCUT2D eigenvalue weighted by Crippen LogP contribution is -2.48. The summed E-state index contributed by atoms with van der Waals surface area (Å²) in [6.07, 6.45) is 4.24. The Morgan fingerprint density at radius 1 is 1.52 bits per heavy atom. The Hall–Kier alpha value is -0.660. The predicted molar refractivity (Wildman–Crippen MR) is 94.4 cm³/mol. The van der Waals surface area contributed by atoms with Gasteiger partial charge in [-0.15, -0.1) is 11.3 Å². The zero-order chi connectivity index (χ0) is 17.0. The number of ether oxygens (including phenoxy) is 1. The summed E-state index contributed by atoms with van der Waals surface area (Å²) in [6.45, 7) is 6.24. The highest BCUT2D eigenvalue weighted by atomic mass is 35.5. The number of halogens is 1. The van der Waals surface area contributed by atoms with E-state index in [-0.39, 0.29) is 12.1 Å². The molecule has 0 radical (unpaired) electrons. The minimum atomic E-state index is -1.05. The van der Waals surface area contributed by atoms with Crippen LogP contribution in [-0.4, -0.2) is 44.1 Å².